The van der Waals surface area contributed by atoms with Gasteiger partial charge in [0, 0.05) is 4.75 Å². The summed E-state index contributed by atoms with van der Waals surface area (Å²) in [7, 11) is 0. The highest BCUT2D eigenvalue weighted by Gasteiger charge is 2.42. The van der Waals surface area contributed by atoms with E-state index in [1.807, 2.05) is 0 Å². The molecule has 2 rings (SSSR count). The molecular weight excluding hydrogens is 308 g/mol. The Hall–Kier alpha value is -0.690. The zero-order valence-electron chi connectivity index (χ0n) is 16.8. The Morgan fingerprint density at radius 3 is 2.25 bits per heavy atom. The van der Waals surface area contributed by atoms with Gasteiger partial charge < -0.3 is 0 Å². The molecule has 0 nitrogen and oxygen atoms in total. The largest absolute Gasteiger partial charge is 0.150 e. The molecule has 1 heteroatoms. The lowest BCUT2D eigenvalue weighted by Crippen LogP contribution is -2.37. The van der Waals surface area contributed by atoms with E-state index >= 15 is 0 Å². The van der Waals surface area contributed by atoms with Crippen molar-refractivity contribution < 1.29 is 0 Å². The van der Waals surface area contributed by atoms with Gasteiger partial charge in [0.05, 0.1) is 0 Å². The van der Waals surface area contributed by atoms with E-state index in [-0.39, 0.29) is 15.6 Å². The average molecular weight is 345 g/mol. The van der Waals surface area contributed by atoms with Crippen molar-refractivity contribution in [3.8, 4) is 0 Å². The Morgan fingerprint density at radius 1 is 1.04 bits per heavy atom. The van der Waals surface area contributed by atoms with Crippen molar-refractivity contribution >= 4 is 11.8 Å². The monoisotopic (exact) mass is 344 g/mol. The Balaban J connectivity index is 2.46. The van der Waals surface area contributed by atoms with Gasteiger partial charge in [-0.3, -0.25) is 0 Å². The van der Waals surface area contributed by atoms with Crippen molar-refractivity contribution in [1.29, 1.82) is 0 Å². The number of hydrogen-bond donors (Lipinski definition) is 0. The smallest absolute Gasteiger partial charge is 0.0451 e. The SMILES string of the molecule is CCCSC1(CC2=CCC=C2)CC=C(C(C)(C)C)C=C1C(C)(C)C. The van der Waals surface area contributed by atoms with Crippen LogP contribution in [-0.2, 0) is 0 Å². The Bertz CT molecular complexity index is 572. The van der Waals surface area contributed by atoms with Gasteiger partial charge >= 0.3 is 0 Å². The average Bonchev–Trinajstić information content (AvgIpc) is 2.96. The zero-order chi connectivity index (χ0) is 18.0. The molecule has 2 aliphatic carbocycles. The molecule has 0 heterocycles. The maximum atomic E-state index is 2.55. The summed E-state index contributed by atoms with van der Waals surface area (Å²) in [5, 5.41) is 0. The third-order valence-electron chi connectivity index (χ3n) is 5.04. The summed E-state index contributed by atoms with van der Waals surface area (Å²) in [5.74, 6) is 1.24. The van der Waals surface area contributed by atoms with Crippen LogP contribution in [0.1, 0.15) is 74.1 Å². The van der Waals surface area contributed by atoms with Crippen molar-refractivity contribution in [3.63, 3.8) is 0 Å². The van der Waals surface area contributed by atoms with Gasteiger partial charge in [-0.25, -0.2) is 0 Å². The fraction of sp³-hybridized carbons (Fsp3) is 0.652. The van der Waals surface area contributed by atoms with Crippen LogP contribution >= 0.6 is 11.8 Å². The van der Waals surface area contributed by atoms with E-state index in [1.54, 1.807) is 5.57 Å². The molecule has 0 aliphatic heterocycles. The molecule has 1 atom stereocenters. The molecule has 0 bridgehead atoms. The zero-order valence-corrected chi connectivity index (χ0v) is 17.6. The summed E-state index contributed by atoms with van der Waals surface area (Å²) < 4.78 is 0.226. The van der Waals surface area contributed by atoms with Gasteiger partial charge in [-0.1, -0.05) is 84.4 Å². The van der Waals surface area contributed by atoms with E-state index in [0.29, 0.717) is 0 Å². The number of thioether (sulfide) groups is 1. The van der Waals surface area contributed by atoms with Gasteiger partial charge in [-0.05, 0) is 53.4 Å². The summed E-state index contributed by atoms with van der Waals surface area (Å²) in [6.45, 7) is 16.5. The molecule has 2 aliphatic rings. The first-order chi connectivity index (χ1) is 11.1. The van der Waals surface area contributed by atoms with Crippen LogP contribution in [0.15, 0.2) is 47.1 Å². The summed E-state index contributed by atoms with van der Waals surface area (Å²) in [5.41, 5.74) is 5.11. The minimum Gasteiger partial charge on any atom is -0.150 e. The van der Waals surface area contributed by atoms with Crippen molar-refractivity contribution in [3.05, 3.63) is 47.1 Å². The predicted molar refractivity (Wildman–Crippen MR) is 112 cm³/mol. The first-order valence-corrected chi connectivity index (χ1v) is 10.5. The van der Waals surface area contributed by atoms with E-state index in [9.17, 15) is 0 Å². The quantitative estimate of drug-likeness (QED) is 0.497. The highest BCUT2D eigenvalue weighted by molar-refractivity contribution is 8.00. The van der Waals surface area contributed by atoms with Crippen LogP contribution in [0.5, 0.6) is 0 Å². The van der Waals surface area contributed by atoms with E-state index in [1.165, 1.54) is 36.2 Å². The second kappa shape index (κ2) is 7.28. The first-order valence-electron chi connectivity index (χ1n) is 9.51. The molecular formula is C23H36S. The second-order valence-corrected chi connectivity index (χ2v) is 10.8. The van der Waals surface area contributed by atoms with Crippen LogP contribution in [0.3, 0.4) is 0 Å². The minimum absolute atomic E-state index is 0.203. The second-order valence-electron chi connectivity index (χ2n) is 9.36. The lowest BCUT2D eigenvalue weighted by atomic mass is 9.68. The van der Waals surface area contributed by atoms with E-state index < -0.39 is 0 Å². The lowest BCUT2D eigenvalue weighted by molar-refractivity contribution is 0.425. The maximum Gasteiger partial charge on any atom is 0.0451 e. The van der Waals surface area contributed by atoms with Crippen LogP contribution in [-0.4, -0.2) is 10.5 Å². The fourth-order valence-corrected chi connectivity index (χ4v) is 5.36. The van der Waals surface area contributed by atoms with Gasteiger partial charge in [0.15, 0.2) is 0 Å². The van der Waals surface area contributed by atoms with Gasteiger partial charge in [0.2, 0.25) is 0 Å². The third-order valence-corrected chi connectivity index (χ3v) is 6.73. The lowest BCUT2D eigenvalue weighted by Gasteiger charge is -2.45. The summed E-state index contributed by atoms with van der Waals surface area (Å²) >= 11 is 2.19. The highest BCUT2D eigenvalue weighted by Crippen LogP contribution is 2.53. The molecule has 0 aromatic carbocycles. The van der Waals surface area contributed by atoms with Gasteiger partial charge in [0.1, 0.15) is 0 Å². The molecule has 0 spiro atoms. The molecule has 134 valence electrons. The minimum atomic E-state index is 0.203. The normalized spacial score (nSPS) is 24.7. The van der Waals surface area contributed by atoms with Crippen molar-refractivity contribution in [1.82, 2.24) is 0 Å². The molecule has 0 aromatic heterocycles. The van der Waals surface area contributed by atoms with Crippen LogP contribution in [0.2, 0.25) is 0 Å². The molecule has 0 N–H and O–H groups in total. The molecule has 0 radical (unpaired) electrons. The van der Waals surface area contributed by atoms with Crippen molar-refractivity contribution in [2.45, 2.75) is 78.9 Å². The summed E-state index contributed by atoms with van der Waals surface area (Å²) in [6.07, 6.45) is 16.8. The van der Waals surface area contributed by atoms with Crippen molar-refractivity contribution in [2.75, 3.05) is 5.75 Å². The molecule has 0 fully saturated rings. The van der Waals surface area contributed by atoms with E-state index in [2.05, 4.69) is 90.6 Å². The maximum absolute atomic E-state index is 2.55. The topological polar surface area (TPSA) is 0 Å². The van der Waals surface area contributed by atoms with Crippen LogP contribution < -0.4 is 0 Å². The van der Waals surface area contributed by atoms with Gasteiger partial charge in [-0.15, -0.1) is 0 Å². The molecule has 0 aromatic rings. The number of allylic oxidation sites excluding steroid dienone is 7. The Kier molecular flexibility index (Phi) is 5.95. The van der Waals surface area contributed by atoms with Crippen LogP contribution in [0.25, 0.3) is 0 Å². The van der Waals surface area contributed by atoms with Crippen molar-refractivity contribution in [2.24, 2.45) is 10.8 Å². The standard InChI is InChI=1S/C23H36S/c1-8-15-24-23(17-18-11-9-10-12-18)14-13-19(21(2,3)4)16-20(23)22(5,6)7/h9,11-13,16H,8,10,14-15,17H2,1-7H3. The van der Waals surface area contributed by atoms with E-state index in [0.717, 1.165) is 6.42 Å². The van der Waals surface area contributed by atoms with E-state index in [4.69, 9.17) is 0 Å². The Morgan fingerprint density at radius 2 is 1.75 bits per heavy atom. The van der Waals surface area contributed by atoms with Gasteiger partial charge in [-0.2, -0.15) is 11.8 Å². The first kappa shape index (κ1) is 19.6. The van der Waals surface area contributed by atoms with Crippen LogP contribution in [0, 0.1) is 10.8 Å². The molecule has 1 unspecified atom stereocenters. The third kappa shape index (κ3) is 4.48. The Labute approximate surface area is 154 Å². The number of rotatable bonds is 5. The van der Waals surface area contributed by atoms with Crippen LogP contribution in [0.4, 0.5) is 0 Å². The predicted octanol–water partition coefficient (Wildman–Crippen LogP) is 7.49. The fourth-order valence-electron chi connectivity index (χ4n) is 3.77. The molecule has 0 amide bonds. The molecule has 0 saturated heterocycles. The molecule has 24 heavy (non-hydrogen) atoms. The highest BCUT2D eigenvalue weighted by atomic mass is 32.2. The number of hydrogen-bond acceptors (Lipinski definition) is 1. The summed E-state index contributed by atoms with van der Waals surface area (Å²) in [4.78, 5) is 0. The van der Waals surface area contributed by atoms with Gasteiger partial charge in [0.25, 0.3) is 0 Å². The summed E-state index contributed by atoms with van der Waals surface area (Å²) in [6, 6.07) is 0. The molecule has 0 saturated carbocycles.